The van der Waals surface area contributed by atoms with E-state index in [9.17, 15) is 22.7 Å². The first kappa shape index (κ1) is 28.3. The van der Waals surface area contributed by atoms with Gasteiger partial charge in [0.05, 0.1) is 24.0 Å². The lowest BCUT2D eigenvalue weighted by atomic mass is 9.97. The molecular weight excluding hydrogens is 511 g/mol. The minimum atomic E-state index is -4.15. The van der Waals surface area contributed by atoms with Gasteiger partial charge in [0.15, 0.2) is 0 Å². The lowest BCUT2D eigenvalue weighted by Gasteiger charge is -2.34. The number of anilines is 1. The lowest BCUT2D eigenvalue weighted by molar-refractivity contribution is 0.0979. The number of aliphatic hydroxyl groups is 1. The van der Waals surface area contributed by atoms with E-state index in [0.717, 1.165) is 10.7 Å². The smallest absolute Gasteiger partial charge is 0.304 e. The third-order valence-electron chi connectivity index (χ3n) is 6.89. The summed E-state index contributed by atoms with van der Waals surface area (Å²) < 4.78 is 49.1. The molecule has 2 aromatic rings. The summed E-state index contributed by atoms with van der Waals surface area (Å²) in [7, 11) is -4.15. The summed E-state index contributed by atoms with van der Waals surface area (Å²) in [4.78, 5) is 20.1. The number of ether oxygens (including phenoxy) is 1. The van der Waals surface area contributed by atoms with Crippen molar-refractivity contribution in [3.8, 4) is 17.0 Å². The second kappa shape index (κ2) is 10.8. The predicted octanol–water partition coefficient (Wildman–Crippen LogP) is 3.59. The van der Waals surface area contributed by atoms with Crippen LogP contribution in [0.2, 0.25) is 0 Å². The van der Waals surface area contributed by atoms with Crippen molar-refractivity contribution in [2.45, 2.75) is 59.1 Å². The summed E-state index contributed by atoms with van der Waals surface area (Å²) in [6, 6.07) is 7.49. The van der Waals surface area contributed by atoms with Crippen LogP contribution in [0.4, 0.5) is 10.2 Å². The van der Waals surface area contributed by atoms with Crippen molar-refractivity contribution in [3.63, 3.8) is 0 Å². The van der Waals surface area contributed by atoms with Gasteiger partial charge in [-0.25, -0.2) is 14.1 Å². The average Bonchev–Trinajstić information content (AvgIpc) is 3.38. The maximum absolute atomic E-state index is 14.5. The van der Waals surface area contributed by atoms with E-state index in [0.29, 0.717) is 48.3 Å². The molecule has 0 bridgehead atoms. The van der Waals surface area contributed by atoms with E-state index in [1.165, 1.54) is 18.2 Å². The number of pyridine rings is 1. The molecule has 3 heterocycles. The van der Waals surface area contributed by atoms with Gasteiger partial charge in [-0.05, 0) is 62.8 Å². The number of amides is 1. The van der Waals surface area contributed by atoms with Crippen LogP contribution >= 0.6 is 0 Å². The topological polar surface area (TPSA) is 112 Å². The van der Waals surface area contributed by atoms with E-state index >= 15 is 0 Å². The number of hydrogen-bond donors (Lipinski definition) is 2. The van der Waals surface area contributed by atoms with Crippen LogP contribution in [-0.2, 0) is 10.2 Å². The summed E-state index contributed by atoms with van der Waals surface area (Å²) in [5.41, 5.74) is 0.685. The van der Waals surface area contributed by atoms with Crippen LogP contribution in [0.1, 0.15) is 57.8 Å². The largest absolute Gasteiger partial charge is 0.493 e. The fourth-order valence-electron chi connectivity index (χ4n) is 5.17. The molecule has 38 heavy (non-hydrogen) atoms. The Morgan fingerprint density at radius 1 is 1.26 bits per heavy atom. The monoisotopic (exact) mass is 548 g/mol. The van der Waals surface area contributed by atoms with Gasteiger partial charge in [0, 0.05) is 36.8 Å². The minimum Gasteiger partial charge on any atom is -0.493 e. The summed E-state index contributed by atoms with van der Waals surface area (Å²) in [6.07, 6.45) is 0.412. The number of aromatic nitrogens is 1. The molecule has 0 spiro atoms. The number of β-amino-alcohol motifs (C(OH)–C–C–N with tert-alkyl or cyclic N) is 1. The van der Waals surface area contributed by atoms with Gasteiger partial charge >= 0.3 is 10.2 Å². The van der Waals surface area contributed by atoms with Crippen LogP contribution < -0.4 is 14.4 Å². The highest BCUT2D eigenvalue weighted by Crippen LogP contribution is 2.38. The summed E-state index contributed by atoms with van der Waals surface area (Å²) >= 11 is 0. The second-order valence-corrected chi connectivity index (χ2v) is 13.1. The molecule has 9 nitrogen and oxygen atoms in total. The third-order valence-corrected chi connectivity index (χ3v) is 8.34. The van der Waals surface area contributed by atoms with Gasteiger partial charge in [0.25, 0.3) is 5.91 Å². The highest BCUT2D eigenvalue weighted by molar-refractivity contribution is 7.87. The Bertz CT molecular complexity index is 1300. The Labute approximate surface area is 224 Å². The molecule has 2 aliphatic heterocycles. The van der Waals surface area contributed by atoms with Crippen molar-refractivity contribution in [2.75, 3.05) is 31.1 Å². The zero-order valence-corrected chi connectivity index (χ0v) is 23.4. The van der Waals surface area contributed by atoms with Crippen molar-refractivity contribution in [2.24, 2.45) is 11.8 Å². The van der Waals surface area contributed by atoms with E-state index in [1.54, 1.807) is 12.1 Å². The fourth-order valence-corrected chi connectivity index (χ4v) is 6.36. The number of nitrogens with zero attached hydrogens (tertiary/aromatic N) is 3. The maximum Gasteiger partial charge on any atom is 0.304 e. The highest BCUT2D eigenvalue weighted by atomic mass is 32.2. The SMILES string of the molecule is CC(C)COc1cc(F)cc(-c2ccc(C(=O)NS(=O)(=O)N3CC[C@H](O)C3)c(N3C[C@@H](C)CC3(C)C)n2)c1. The zero-order chi connectivity index (χ0) is 27.8. The molecule has 0 unspecified atom stereocenters. The van der Waals surface area contributed by atoms with Crippen LogP contribution in [0, 0.1) is 17.7 Å². The van der Waals surface area contributed by atoms with Crippen molar-refractivity contribution >= 4 is 21.9 Å². The average molecular weight is 549 g/mol. The Morgan fingerprint density at radius 3 is 2.61 bits per heavy atom. The summed E-state index contributed by atoms with van der Waals surface area (Å²) in [6.45, 7) is 11.3. The van der Waals surface area contributed by atoms with E-state index in [1.807, 2.05) is 18.7 Å². The molecule has 2 N–H and O–H groups in total. The van der Waals surface area contributed by atoms with Gasteiger partial charge < -0.3 is 14.7 Å². The van der Waals surface area contributed by atoms with Crippen molar-refractivity contribution in [1.82, 2.24) is 14.0 Å². The van der Waals surface area contributed by atoms with Gasteiger partial charge in [-0.2, -0.15) is 12.7 Å². The molecule has 1 amide bonds. The Kier molecular flexibility index (Phi) is 8.02. The van der Waals surface area contributed by atoms with Crippen molar-refractivity contribution in [1.29, 1.82) is 0 Å². The molecule has 2 atom stereocenters. The number of nitrogens with one attached hydrogen (secondary N) is 1. The first-order chi connectivity index (χ1) is 17.7. The standard InChI is InChI=1S/C27H37FN4O5S/c1-17(2)16-37-22-11-19(10-20(28)12-22)24-7-6-23(25(29-24)32-14-18(3)13-27(32,4)5)26(34)30-38(35,36)31-9-8-21(33)15-31/h6-7,10-12,17-18,21,33H,8-9,13-16H2,1-5H3,(H,30,34)/t18-,21-/m0/s1. The quantitative estimate of drug-likeness (QED) is 0.519. The molecule has 11 heteroatoms. The normalized spacial score (nSPS) is 21.7. The Balaban J connectivity index is 1.73. The van der Waals surface area contributed by atoms with Gasteiger partial charge in [0.2, 0.25) is 0 Å². The highest BCUT2D eigenvalue weighted by Gasteiger charge is 2.40. The van der Waals surface area contributed by atoms with E-state index in [-0.39, 0.29) is 30.1 Å². The molecule has 1 aromatic carbocycles. The van der Waals surface area contributed by atoms with Gasteiger partial charge in [-0.1, -0.05) is 20.8 Å². The Hall–Kier alpha value is -2.76. The fraction of sp³-hybridized carbons (Fsp3) is 0.556. The van der Waals surface area contributed by atoms with Crippen LogP contribution in [0.3, 0.4) is 0 Å². The van der Waals surface area contributed by atoms with E-state index in [2.05, 4.69) is 25.5 Å². The van der Waals surface area contributed by atoms with E-state index in [4.69, 9.17) is 9.72 Å². The van der Waals surface area contributed by atoms with Gasteiger partial charge in [-0.3, -0.25) is 4.79 Å². The lowest BCUT2D eigenvalue weighted by Crippen LogP contribution is -2.44. The van der Waals surface area contributed by atoms with E-state index < -0.39 is 28.0 Å². The van der Waals surface area contributed by atoms with Crippen LogP contribution in [0.25, 0.3) is 11.3 Å². The molecule has 2 saturated heterocycles. The number of hydrogen-bond acceptors (Lipinski definition) is 7. The first-order valence-corrected chi connectivity index (χ1v) is 14.4. The number of halogens is 1. The van der Waals surface area contributed by atoms with Crippen molar-refractivity contribution in [3.05, 3.63) is 41.7 Å². The zero-order valence-electron chi connectivity index (χ0n) is 22.6. The van der Waals surface area contributed by atoms with Gasteiger partial charge in [-0.15, -0.1) is 0 Å². The number of carbonyl (C=O) groups excluding carboxylic acids is 1. The van der Waals surface area contributed by atoms with Crippen LogP contribution in [-0.4, -0.2) is 66.6 Å². The Morgan fingerprint density at radius 2 is 2.00 bits per heavy atom. The number of carbonyl (C=O) groups is 1. The van der Waals surface area contributed by atoms with Crippen LogP contribution in [0.15, 0.2) is 30.3 Å². The van der Waals surface area contributed by atoms with Crippen molar-refractivity contribution < 1.29 is 27.4 Å². The second-order valence-electron chi connectivity index (χ2n) is 11.4. The molecular formula is C27H37FN4O5S. The number of benzene rings is 1. The number of rotatable bonds is 8. The molecule has 0 radical (unpaired) electrons. The summed E-state index contributed by atoms with van der Waals surface area (Å²) in [5.74, 6) is 0.0272. The summed E-state index contributed by atoms with van der Waals surface area (Å²) in [5, 5.41) is 9.75. The molecule has 2 aliphatic rings. The van der Waals surface area contributed by atoms with Gasteiger partial charge in [0.1, 0.15) is 17.4 Å². The molecule has 0 aliphatic carbocycles. The number of aliphatic hydroxyl groups excluding tert-OH is 1. The molecule has 2 fully saturated rings. The third kappa shape index (κ3) is 6.27. The molecule has 0 saturated carbocycles. The molecule has 4 rings (SSSR count). The maximum atomic E-state index is 14.5. The predicted molar refractivity (Wildman–Crippen MR) is 144 cm³/mol. The first-order valence-electron chi connectivity index (χ1n) is 13.0. The van der Waals surface area contributed by atoms with Crippen LogP contribution in [0.5, 0.6) is 5.75 Å². The molecule has 208 valence electrons. The minimum absolute atomic E-state index is 0.0654. The molecule has 1 aromatic heterocycles.